The summed E-state index contributed by atoms with van der Waals surface area (Å²) in [6.07, 6.45) is 28.8. The molecule has 0 aromatic carbocycles. The van der Waals surface area contributed by atoms with E-state index in [0.29, 0.717) is 12.5 Å². The van der Waals surface area contributed by atoms with Gasteiger partial charge in [0.15, 0.2) is 0 Å². The average Bonchev–Trinajstić information content (AvgIpc) is 2.80. The fourth-order valence-corrected chi connectivity index (χ4v) is 4.61. The van der Waals surface area contributed by atoms with E-state index in [1.54, 1.807) is 0 Å². The molecule has 192 valence electrons. The molecule has 0 aliphatic heterocycles. The molecular weight excluding hydrogens is 392 g/mol. The molecule has 0 amide bonds. The van der Waals surface area contributed by atoms with Gasteiger partial charge in [-0.3, -0.25) is 4.79 Å². The fourth-order valence-electron chi connectivity index (χ4n) is 4.61. The van der Waals surface area contributed by atoms with Gasteiger partial charge >= 0.3 is 5.97 Å². The predicted octanol–water partition coefficient (Wildman–Crippen LogP) is 10.4. The van der Waals surface area contributed by atoms with E-state index in [9.17, 15) is 4.79 Å². The molecule has 0 spiro atoms. The molecule has 0 fully saturated rings. The summed E-state index contributed by atoms with van der Waals surface area (Å²) in [4.78, 5) is 12.5. The zero-order valence-electron chi connectivity index (χ0n) is 22.7. The van der Waals surface area contributed by atoms with E-state index in [0.717, 1.165) is 6.42 Å². The van der Waals surface area contributed by atoms with Crippen molar-refractivity contribution < 1.29 is 9.53 Å². The van der Waals surface area contributed by atoms with E-state index in [1.807, 2.05) is 0 Å². The Balaban J connectivity index is 4.13. The van der Waals surface area contributed by atoms with Gasteiger partial charge < -0.3 is 4.74 Å². The number of ether oxygens (including phenoxy) is 1. The zero-order valence-corrected chi connectivity index (χ0v) is 22.7. The van der Waals surface area contributed by atoms with Crippen molar-refractivity contribution in [1.82, 2.24) is 0 Å². The van der Waals surface area contributed by atoms with Crippen molar-refractivity contribution in [3.05, 3.63) is 0 Å². The topological polar surface area (TPSA) is 26.3 Å². The third-order valence-corrected chi connectivity index (χ3v) is 7.04. The van der Waals surface area contributed by atoms with Crippen LogP contribution in [0.1, 0.15) is 169 Å². The van der Waals surface area contributed by atoms with Crippen molar-refractivity contribution in [2.24, 2.45) is 11.8 Å². The van der Waals surface area contributed by atoms with Crippen LogP contribution in [0.3, 0.4) is 0 Å². The lowest BCUT2D eigenvalue weighted by molar-refractivity contribution is -0.149. The first-order valence-corrected chi connectivity index (χ1v) is 14.8. The molecule has 0 rings (SSSR count). The SMILES string of the molecule is CCCCCCCCCC(CCCCCCCC)COC(=O)C(C)CCCCCCCC. The van der Waals surface area contributed by atoms with Crippen LogP contribution in [0.5, 0.6) is 0 Å². The predicted molar refractivity (Wildman–Crippen MR) is 142 cm³/mol. The summed E-state index contributed by atoms with van der Waals surface area (Å²) in [6.45, 7) is 9.53. The van der Waals surface area contributed by atoms with Gasteiger partial charge in [-0.1, -0.05) is 150 Å². The number of esters is 1. The van der Waals surface area contributed by atoms with Gasteiger partial charge in [0.1, 0.15) is 0 Å². The highest BCUT2D eigenvalue weighted by Crippen LogP contribution is 2.21. The normalized spacial score (nSPS) is 13.2. The van der Waals surface area contributed by atoms with Gasteiger partial charge in [-0.2, -0.15) is 0 Å². The summed E-state index contributed by atoms with van der Waals surface area (Å²) >= 11 is 0. The molecule has 2 atom stereocenters. The van der Waals surface area contributed by atoms with Gasteiger partial charge in [0, 0.05) is 0 Å². The number of hydrogen-bond acceptors (Lipinski definition) is 2. The van der Waals surface area contributed by atoms with Crippen molar-refractivity contribution in [1.29, 1.82) is 0 Å². The first-order valence-electron chi connectivity index (χ1n) is 14.8. The number of carbonyl (C=O) groups excluding carboxylic acids is 1. The molecule has 0 bridgehead atoms. The molecule has 0 N–H and O–H groups in total. The second kappa shape index (κ2) is 25.1. The quantitative estimate of drug-likeness (QED) is 0.102. The molecule has 0 aromatic heterocycles. The minimum Gasteiger partial charge on any atom is -0.465 e. The molecular formula is C30H60O2. The summed E-state index contributed by atoms with van der Waals surface area (Å²) < 4.78 is 5.83. The van der Waals surface area contributed by atoms with Crippen LogP contribution in [-0.4, -0.2) is 12.6 Å². The molecule has 0 aromatic rings. The molecule has 0 heterocycles. The molecule has 0 saturated heterocycles. The lowest BCUT2D eigenvalue weighted by Crippen LogP contribution is -2.20. The zero-order chi connectivity index (χ0) is 23.7. The Morgan fingerprint density at radius 3 is 1.28 bits per heavy atom. The Morgan fingerprint density at radius 1 is 0.531 bits per heavy atom. The maximum absolute atomic E-state index is 12.5. The van der Waals surface area contributed by atoms with Gasteiger partial charge in [0.25, 0.3) is 0 Å². The summed E-state index contributed by atoms with van der Waals surface area (Å²) in [6, 6.07) is 0. The first-order chi connectivity index (χ1) is 15.7. The Hall–Kier alpha value is -0.530. The summed E-state index contributed by atoms with van der Waals surface area (Å²) in [5.74, 6) is 0.683. The molecule has 2 heteroatoms. The van der Waals surface area contributed by atoms with Crippen molar-refractivity contribution in [3.63, 3.8) is 0 Å². The van der Waals surface area contributed by atoms with Crippen molar-refractivity contribution >= 4 is 5.97 Å². The monoisotopic (exact) mass is 452 g/mol. The molecule has 2 unspecified atom stereocenters. The summed E-state index contributed by atoms with van der Waals surface area (Å²) in [7, 11) is 0. The van der Waals surface area contributed by atoms with Gasteiger partial charge in [-0.15, -0.1) is 0 Å². The first kappa shape index (κ1) is 31.5. The third-order valence-electron chi connectivity index (χ3n) is 7.04. The van der Waals surface area contributed by atoms with E-state index >= 15 is 0 Å². The summed E-state index contributed by atoms with van der Waals surface area (Å²) in [5, 5.41) is 0. The minimum atomic E-state index is 0.0473. The van der Waals surface area contributed by atoms with Crippen LogP contribution in [0.25, 0.3) is 0 Å². The number of rotatable bonds is 25. The minimum absolute atomic E-state index is 0.0473. The Kier molecular flexibility index (Phi) is 24.7. The molecule has 0 radical (unpaired) electrons. The molecule has 0 aliphatic rings. The van der Waals surface area contributed by atoms with Crippen molar-refractivity contribution in [2.75, 3.05) is 6.61 Å². The van der Waals surface area contributed by atoms with E-state index in [4.69, 9.17) is 4.74 Å². The molecule has 32 heavy (non-hydrogen) atoms. The van der Waals surface area contributed by atoms with Crippen LogP contribution >= 0.6 is 0 Å². The van der Waals surface area contributed by atoms with Gasteiger partial charge in [0.2, 0.25) is 0 Å². The van der Waals surface area contributed by atoms with Gasteiger partial charge in [-0.25, -0.2) is 0 Å². The van der Waals surface area contributed by atoms with Gasteiger partial charge in [-0.05, 0) is 25.2 Å². The van der Waals surface area contributed by atoms with E-state index in [-0.39, 0.29) is 11.9 Å². The van der Waals surface area contributed by atoms with Crippen LogP contribution in [0, 0.1) is 11.8 Å². The standard InChI is InChI=1S/C30H60O2/c1-5-8-11-14-17-20-23-26-29(25-22-19-16-13-10-7-3)27-32-30(31)28(4)24-21-18-15-12-9-6-2/h28-29H,5-27H2,1-4H3. The number of hydrogen-bond donors (Lipinski definition) is 0. The summed E-state index contributed by atoms with van der Waals surface area (Å²) in [5.41, 5.74) is 0. The average molecular weight is 453 g/mol. The third kappa shape index (κ3) is 21.3. The van der Waals surface area contributed by atoms with Crippen molar-refractivity contribution in [2.45, 2.75) is 169 Å². The highest BCUT2D eigenvalue weighted by Gasteiger charge is 2.17. The molecule has 0 aliphatic carbocycles. The van der Waals surface area contributed by atoms with E-state index < -0.39 is 0 Å². The Labute approximate surface area is 203 Å². The van der Waals surface area contributed by atoms with Crippen LogP contribution in [0.15, 0.2) is 0 Å². The van der Waals surface area contributed by atoms with E-state index in [2.05, 4.69) is 27.7 Å². The van der Waals surface area contributed by atoms with Crippen LogP contribution in [0.2, 0.25) is 0 Å². The smallest absolute Gasteiger partial charge is 0.308 e. The molecule has 2 nitrogen and oxygen atoms in total. The fraction of sp³-hybridized carbons (Fsp3) is 0.967. The largest absolute Gasteiger partial charge is 0.465 e. The van der Waals surface area contributed by atoms with Crippen LogP contribution in [0.4, 0.5) is 0 Å². The lowest BCUT2D eigenvalue weighted by atomic mass is 9.94. The maximum atomic E-state index is 12.5. The Morgan fingerprint density at radius 2 is 0.875 bits per heavy atom. The number of carbonyl (C=O) groups is 1. The highest BCUT2D eigenvalue weighted by atomic mass is 16.5. The second-order valence-electron chi connectivity index (χ2n) is 10.4. The highest BCUT2D eigenvalue weighted by molar-refractivity contribution is 5.71. The van der Waals surface area contributed by atoms with Crippen LogP contribution < -0.4 is 0 Å². The Bertz CT molecular complexity index is 379. The molecule has 0 saturated carbocycles. The van der Waals surface area contributed by atoms with Gasteiger partial charge in [0.05, 0.1) is 12.5 Å². The second-order valence-corrected chi connectivity index (χ2v) is 10.4. The van der Waals surface area contributed by atoms with E-state index in [1.165, 1.54) is 135 Å². The lowest BCUT2D eigenvalue weighted by Gasteiger charge is -2.19. The van der Waals surface area contributed by atoms with Crippen molar-refractivity contribution in [3.8, 4) is 0 Å². The number of unbranched alkanes of at least 4 members (excludes halogenated alkanes) is 16. The van der Waals surface area contributed by atoms with Crippen LogP contribution in [-0.2, 0) is 9.53 Å². The maximum Gasteiger partial charge on any atom is 0.308 e.